The van der Waals surface area contributed by atoms with Crippen molar-refractivity contribution in [2.45, 2.75) is 13.8 Å². The smallest absolute Gasteiger partial charge is 0.263 e. The number of nitrogens with one attached hydrogen (secondary N) is 1. The lowest BCUT2D eigenvalue weighted by atomic mass is 9.93. The number of fused-ring (bicyclic) bond motifs is 1. The van der Waals surface area contributed by atoms with E-state index in [0.717, 1.165) is 10.1 Å². The van der Waals surface area contributed by atoms with Gasteiger partial charge in [-0.05, 0) is 19.9 Å². The number of nitrogens with two attached hydrogens (primary N) is 2. The number of carbonyl (C=O) groups is 2. The number of carbonyl (C=O) groups excluding carboxylic acids is 2. The van der Waals surface area contributed by atoms with E-state index < -0.39 is 11.3 Å². The van der Waals surface area contributed by atoms with Crippen molar-refractivity contribution < 1.29 is 9.59 Å². The summed E-state index contributed by atoms with van der Waals surface area (Å²) in [7, 11) is 0. The Balaban J connectivity index is 2.20. The van der Waals surface area contributed by atoms with Crippen LogP contribution < -0.4 is 16.8 Å². The fourth-order valence-corrected chi connectivity index (χ4v) is 2.61. The molecule has 0 spiro atoms. The van der Waals surface area contributed by atoms with E-state index in [1.807, 2.05) is 0 Å². The van der Waals surface area contributed by atoms with E-state index in [9.17, 15) is 9.59 Å². The van der Waals surface area contributed by atoms with Crippen LogP contribution in [0.5, 0.6) is 0 Å². The van der Waals surface area contributed by atoms with Gasteiger partial charge in [-0.2, -0.15) is 0 Å². The monoisotopic (exact) mass is 292 g/mol. The zero-order chi connectivity index (χ0) is 14.9. The molecular formula is C13H16N4O2S. The Morgan fingerprint density at radius 3 is 2.75 bits per heavy atom. The quantitative estimate of drug-likeness (QED) is 0.784. The van der Waals surface area contributed by atoms with Crippen LogP contribution in [0.3, 0.4) is 0 Å². The number of anilines is 1. The summed E-state index contributed by atoms with van der Waals surface area (Å²) in [6, 6.07) is 1.77. The third-order valence-electron chi connectivity index (χ3n) is 3.10. The molecule has 2 amide bonds. The summed E-state index contributed by atoms with van der Waals surface area (Å²) >= 11 is 1.28. The van der Waals surface area contributed by atoms with Gasteiger partial charge in [-0.3, -0.25) is 14.6 Å². The van der Waals surface area contributed by atoms with Crippen molar-refractivity contribution in [2.24, 2.45) is 11.1 Å². The summed E-state index contributed by atoms with van der Waals surface area (Å²) in [5, 5.41) is 3.50. The molecule has 0 saturated carbocycles. The fraction of sp³-hybridized carbons (Fsp3) is 0.308. The van der Waals surface area contributed by atoms with Crippen LogP contribution in [0.4, 0.5) is 5.69 Å². The van der Waals surface area contributed by atoms with E-state index >= 15 is 0 Å². The highest BCUT2D eigenvalue weighted by molar-refractivity contribution is 7.21. The molecule has 0 aliphatic carbocycles. The Bertz CT molecular complexity index is 678. The molecule has 0 aliphatic heterocycles. The Kier molecular flexibility index (Phi) is 3.63. The molecule has 0 bridgehead atoms. The number of primary amides is 1. The molecule has 6 nitrogen and oxygen atoms in total. The standard InChI is InChI=1S/C13H16N4O2S/c1-13(2,12(15)19)6-17-11(18)10-9(14)7-3-4-16-5-8(7)20-10/h3-5H,6,14H2,1-2H3,(H2,15,19)(H,17,18). The molecule has 2 rings (SSSR count). The first-order valence-corrected chi connectivity index (χ1v) is 6.84. The van der Waals surface area contributed by atoms with Gasteiger partial charge >= 0.3 is 0 Å². The summed E-state index contributed by atoms with van der Waals surface area (Å²) in [5.41, 5.74) is 10.9. The first-order chi connectivity index (χ1) is 9.33. The number of rotatable bonds is 4. The van der Waals surface area contributed by atoms with Crippen LogP contribution >= 0.6 is 11.3 Å². The first kappa shape index (κ1) is 14.3. The van der Waals surface area contributed by atoms with Crippen molar-refractivity contribution in [2.75, 3.05) is 12.3 Å². The number of nitrogen functional groups attached to an aromatic ring is 1. The average Bonchev–Trinajstić information content (AvgIpc) is 2.74. The number of nitrogens with zero attached hydrogens (tertiary/aromatic N) is 1. The van der Waals surface area contributed by atoms with Gasteiger partial charge in [0, 0.05) is 24.3 Å². The maximum absolute atomic E-state index is 12.2. The Morgan fingerprint density at radius 2 is 2.15 bits per heavy atom. The van der Waals surface area contributed by atoms with E-state index in [1.165, 1.54) is 11.3 Å². The number of aromatic nitrogens is 1. The minimum absolute atomic E-state index is 0.160. The summed E-state index contributed by atoms with van der Waals surface area (Å²) in [6.45, 7) is 3.51. The van der Waals surface area contributed by atoms with Crippen LogP contribution in [-0.2, 0) is 4.79 Å². The van der Waals surface area contributed by atoms with E-state index in [1.54, 1.807) is 32.3 Å². The molecule has 106 valence electrons. The second-order valence-electron chi connectivity index (χ2n) is 5.15. The van der Waals surface area contributed by atoms with Gasteiger partial charge in [-0.25, -0.2) is 0 Å². The Labute approximate surface area is 120 Å². The SMILES string of the molecule is CC(C)(CNC(=O)c1sc2cnccc2c1N)C(N)=O. The molecule has 7 heteroatoms. The normalized spacial score (nSPS) is 11.5. The van der Waals surface area contributed by atoms with Crippen LogP contribution in [0, 0.1) is 5.41 Å². The number of amides is 2. The largest absolute Gasteiger partial charge is 0.397 e. The van der Waals surface area contributed by atoms with Gasteiger partial charge in [0.1, 0.15) is 4.88 Å². The van der Waals surface area contributed by atoms with E-state index in [-0.39, 0.29) is 12.5 Å². The predicted octanol–water partition coefficient (Wildman–Crippen LogP) is 1.12. The lowest BCUT2D eigenvalue weighted by Crippen LogP contribution is -2.42. The summed E-state index contributed by atoms with van der Waals surface area (Å²) in [5.74, 6) is -0.774. The lowest BCUT2D eigenvalue weighted by molar-refractivity contribution is -0.125. The molecular weight excluding hydrogens is 276 g/mol. The number of hydrogen-bond donors (Lipinski definition) is 3. The van der Waals surface area contributed by atoms with Gasteiger partial charge in [0.15, 0.2) is 0 Å². The molecule has 0 aliphatic rings. The minimum Gasteiger partial charge on any atom is -0.397 e. The highest BCUT2D eigenvalue weighted by Crippen LogP contribution is 2.32. The first-order valence-electron chi connectivity index (χ1n) is 6.03. The highest BCUT2D eigenvalue weighted by atomic mass is 32.1. The second-order valence-corrected chi connectivity index (χ2v) is 6.20. The molecule has 0 atom stereocenters. The molecule has 0 saturated heterocycles. The van der Waals surface area contributed by atoms with Gasteiger partial charge in [-0.1, -0.05) is 0 Å². The molecule has 0 aromatic carbocycles. The van der Waals surface area contributed by atoms with Crippen LogP contribution in [0.1, 0.15) is 23.5 Å². The molecule has 0 unspecified atom stereocenters. The topological polar surface area (TPSA) is 111 Å². The van der Waals surface area contributed by atoms with E-state index in [2.05, 4.69) is 10.3 Å². The number of hydrogen-bond acceptors (Lipinski definition) is 5. The van der Waals surface area contributed by atoms with E-state index in [0.29, 0.717) is 10.6 Å². The molecule has 2 heterocycles. The summed E-state index contributed by atoms with van der Waals surface area (Å²) < 4.78 is 0.851. The third kappa shape index (κ3) is 2.57. The van der Waals surface area contributed by atoms with Gasteiger partial charge in [-0.15, -0.1) is 11.3 Å². The van der Waals surface area contributed by atoms with Crippen molar-refractivity contribution in [3.63, 3.8) is 0 Å². The van der Waals surface area contributed by atoms with Crippen molar-refractivity contribution in [1.29, 1.82) is 0 Å². The van der Waals surface area contributed by atoms with Crippen molar-refractivity contribution >= 4 is 38.9 Å². The summed E-state index contributed by atoms with van der Waals surface area (Å²) in [6.07, 6.45) is 3.30. The maximum Gasteiger partial charge on any atom is 0.263 e. The Morgan fingerprint density at radius 1 is 1.45 bits per heavy atom. The van der Waals surface area contributed by atoms with Crippen molar-refractivity contribution in [3.05, 3.63) is 23.3 Å². The zero-order valence-electron chi connectivity index (χ0n) is 11.3. The van der Waals surface area contributed by atoms with Crippen LogP contribution in [0.25, 0.3) is 10.1 Å². The van der Waals surface area contributed by atoms with Gasteiger partial charge < -0.3 is 16.8 Å². The number of thiophene rings is 1. The van der Waals surface area contributed by atoms with Crippen LogP contribution in [0.15, 0.2) is 18.5 Å². The molecule has 2 aromatic heterocycles. The average molecular weight is 292 g/mol. The predicted molar refractivity (Wildman–Crippen MR) is 79.3 cm³/mol. The molecule has 5 N–H and O–H groups in total. The van der Waals surface area contributed by atoms with E-state index in [4.69, 9.17) is 11.5 Å². The molecule has 0 radical (unpaired) electrons. The Hall–Kier alpha value is -2.15. The lowest BCUT2D eigenvalue weighted by Gasteiger charge is -2.20. The van der Waals surface area contributed by atoms with Crippen molar-refractivity contribution in [1.82, 2.24) is 10.3 Å². The van der Waals surface area contributed by atoms with Gasteiger partial charge in [0.25, 0.3) is 5.91 Å². The number of pyridine rings is 1. The van der Waals surface area contributed by atoms with Crippen LogP contribution in [-0.4, -0.2) is 23.3 Å². The van der Waals surface area contributed by atoms with Gasteiger partial charge in [0.05, 0.1) is 15.8 Å². The molecule has 0 fully saturated rings. The minimum atomic E-state index is -0.803. The third-order valence-corrected chi connectivity index (χ3v) is 4.25. The molecule has 2 aromatic rings. The zero-order valence-corrected chi connectivity index (χ0v) is 12.1. The summed E-state index contributed by atoms with van der Waals surface area (Å²) in [4.78, 5) is 27.8. The van der Waals surface area contributed by atoms with Crippen LogP contribution in [0.2, 0.25) is 0 Å². The molecule has 20 heavy (non-hydrogen) atoms. The highest BCUT2D eigenvalue weighted by Gasteiger charge is 2.26. The maximum atomic E-state index is 12.2. The van der Waals surface area contributed by atoms with Gasteiger partial charge in [0.2, 0.25) is 5.91 Å². The second kappa shape index (κ2) is 5.09. The van der Waals surface area contributed by atoms with Crippen molar-refractivity contribution in [3.8, 4) is 0 Å². The fourth-order valence-electron chi connectivity index (χ4n) is 1.61.